The van der Waals surface area contributed by atoms with Crippen LogP contribution in [-0.4, -0.2) is 24.9 Å². The van der Waals surface area contributed by atoms with Gasteiger partial charge in [-0.3, -0.25) is 0 Å². The summed E-state index contributed by atoms with van der Waals surface area (Å²) in [4.78, 5) is 0. The molecule has 1 atom stereocenters. The lowest BCUT2D eigenvalue weighted by molar-refractivity contribution is 0.190. The molecule has 0 saturated heterocycles. The summed E-state index contributed by atoms with van der Waals surface area (Å²) in [6, 6.07) is 13.9. The highest BCUT2D eigenvalue weighted by molar-refractivity contribution is 9.10. The van der Waals surface area contributed by atoms with Crippen molar-refractivity contribution < 1.29 is 14.6 Å². The molecule has 0 aliphatic carbocycles. The van der Waals surface area contributed by atoms with Gasteiger partial charge in [-0.2, -0.15) is 0 Å². The van der Waals surface area contributed by atoms with Gasteiger partial charge in [-0.05, 0) is 24.6 Å². The maximum absolute atomic E-state index is 9.38. The van der Waals surface area contributed by atoms with Crippen molar-refractivity contribution in [3.63, 3.8) is 0 Å². The Balaban J connectivity index is 2.16. The molecule has 0 amide bonds. The first kappa shape index (κ1) is 17.8. The van der Waals surface area contributed by atoms with Gasteiger partial charge in [0.25, 0.3) is 0 Å². The van der Waals surface area contributed by atoms with E-state index in [1.54, 1.807) is 14.0 Å². The number of halogens is 1. The molecular weight excluding hydrogens is 358 g/mol. The smallest absolute Gasteiger partial charge is 0.166 e. The number of rotatable bonds is 8. The molecule has 0 heterocycles. The Morgan fingerprint density at radius 3 is 2.61 bits per heavy atom. The zero-order valence-electron chi connectivity index (χ0n) is 13.4. The van der Waals surface area contributed by atoms with Gasteiger partial charge in [0.2, 0.25) is 0 Å². The van der Waals surface area contributed by atoms with Crippen LogP contribution in [0.1, 0.15) is 18.1 Å². The molecule has 0 radical (unpaired) electrons. The van der Waals surface area contributed by atoms with E-state index in [2.05, 4.69) is 21.2 Å². The number of nitrogens with one attached hydrogen (secondary N) is 1. The van der Waals surface area contributed by atoms with Crippen LogP contribution in [0.2, 0.25) is 0 Å². The molecule has 2 rings (SSSR count). The lowest BCUT2D eigenvalue weighted by atomic mass is 10.1. The van der Waals surface area contributed by atoms with Gasteiger partial charge < -0.3 is 19.9 Å². The van der Waals surface area contributed by atoms with Crippen molar-refractivity contribution in [2.45, 2.75) is 26.2 Å². The van der Waals surface area contributed by atoms with Crippen LogP contribution in [0, 0.1) is 0 Å². The van der Waals surface area contributed by atoms with Gasteiger partial charge in [0, 0.05) is 23.1 Å². The molecule has 0 aliphatic rings. The van der Waals surface area contributed by atoms with E-state index in [-0.39, 0.29) is 0 Å². The monoisotopic (exact) mass is 379 g/mol. The number of aliphatic hydroxyl groups excluding tert-OH is 1. The number of methoxy groups -OCH3 is 1. The molecule has 0 aliphatic heterocycles. The van der Waals surface area contributed by atoms with Crippen molar-refractivity contribution in [1.29, 1.82) is 0 Å². The second kappa shape index (κ2) is 8.91. The molecule has 2 aromatic rings. The normalized spacial score (nSPS) is 12.0. The van der Waals surface area contributed by atoms with Crippen LogP contribution < -0.4 is 14.8 Å². The summed E-state index contributed by atoms with van der Waals surface area (Å²) in [6.45, 7) is 3.33. The Hall–Kier alpha value is -1.56. The summed E-state index contributed by atoms with van der Waals surface area (Å²) in [5.74, 6) is 1.40. The average molecular weight is 380 g/mol. The van der Waals surface area contributed by atoms with Crippen molar-refractivity contribution in [2.75, 3.05) is 13.7 Å². The first-order valence-corrected chi connectivity index (χ1v) is 8.31. The van der Waals surface area contributed by atoms with E-state index in [1.165, 1.54) is 0 Å². The Labute approximate surface area is 145 Å². The minimum absolute atomic E-state index is 0.391. The molecule has 2 aromatic carbocycles. The SMILES string of the molecule is COc1cc(Br)cc(CNC[C@H](C)O)c1OCc1ccccc1. The zero-order valence-corrected chi connectivity index (χ0v) is 15.0. The van der Waals surface area contributed by atoms with Crippen molar-refractivity contribution in [3.05, 3.63) is 58.1 Å². The van der Waals surface area contributed by atoms with E-state index in [9.17, 15) is 5.11 Å². The summed E-state index contributed by atoms with van der Waals surface area (Å²) < 4.78 is 12.4. The summed E-state index contributed by atoms with van der Waals surface area (Å²) in [7, 11) is 1.63. The van der Waals surface area contributed by atoms with Crippen LogP contribution in [0.4, 0.5) is 0 Å². The molecule has 4 nitrogen and oxygen atoms in total. The van der Waals surface area contributed by atoms with Gasteiger partial charge in [-0.1, -0.05) is 46.3 Å². The second-order valence-corrected chi connectivity index (χ2v) is 6.27. The van der Waals surface area contributed by atoms with Gasteiger partial charge in [0.15, 0.2) is 11.5 Å². The Morgan fingerprint density at radius 2 is 1.96 bits per heavy atom. The van der Waals surface area contributed by atoms with Crippen molar-refractivity contribution >= 4 is 15.9 Å². The number of hydrogen-bond acceptors (Lipinski definition) is 4. The van der Waals surface area contributed by atoms with Crippen LogP contribution in [0.5, 0.6) is 11.5 Å². The molecule has 2 N–H and O–H groups in total. The van der Waals surface area contributed by atoms with Crippen LogP contribution in [0.3, 0.4) is 0 Å². The average Bonchev–Trinajstić information content (AvgIpc) is 2.54. The maximum atomic E-state index is 9.38. The van der Waals surface area contributed by atoms with E-state index < -0.39 is 6.10 Å². The molecule has 0 unspecified atom stereocenters. The maximum Gasteiger partial charge on any atom is 0.166 e. The summed E-state index contributed by atoms with van der Waals surface area (Å²) >= 11 is 3.49. The van der Waals surface area contributed by atoms with Gasteiger partial charge in [-0.15, -0.1) is 0 Å². The zero-order chi connectivity index (χ0) is 16.7. The summed E-state index contributed by atoms with van der Waals surface area (Å²) in [5, 5.41) is 12.6. The minimum atomic E-state index is -0.391. The quantitative estimate of drug-likeness (QED) is 0.736. The van der Waals surface area contributed by atoms with Gasteiger partial charge >= 0.3 is 0 Å². The Kier molecular flexibility index (Phi) is 6.89. The standard InChI is InChI=1S/C18H22BrNO3/c1-13(21)10-20-11-15-8-16(19)9-17(22-2)18(15)23-12-14-6-4-3-5-7-14/h3-9,13,20-21H,10-12H2,1-2H3/t13-/m0/s1. The Bertz CT molecular complexity index is 617. The highest BCUT2D eigenvalue weighted by atomic mass is 79.9. The Morgan fingerprint density at radius 1 is 1.22 bits per heavy atom. The molecular formula is C18H22BrNO3. The molecule has 0 saturated carbocycles. The minimum Gasteiger partial charge on any atom is -0.493 e. The fourth-order valence-corrected chi connectivity index (χ4v) is 2.70. The predicted octanol–water partition coefficient (Wildman–Crippen LogP) is 3.51. The lowest BCUT2D eigenvalue weighted by Gasteiger charge is -2.17. The van der Waals surface area contributed by atoms with Crippen molar-refractivity contribution in [2.24, 2.45) is 0 Å². The number of ether oxygens (including phenoxy) is 2. The molecule has 0 aromatic heterocycles. The third-order valence-corrected chi connectivity index (χ3v) is 3.76. The number of hydrogen-bond donors (Lipinski definition) is 2. The molecule has 23 heavy (non-hydrogen) atoms. The van der Waals surface area contributed by atoms with Crippen LogP contribution in [-0.2, 0) is 13.2 Å². The first-order valence-electron chi connectivity index (χ1n) is 7.52. The third-order valence-electron chi connectivity index (χ3n) is 3.30. The van der Waals surface area contributed by atoms with Crippen LogP contribution in [0.25, 0.3) is 0 Å². The van der Waals surface area contributed by atoms with E-state index in [1.807, 2.05) is 42.5 Å². The van der Waals surface area contributed by atoms with Gasteiger partial charge in [0.05, 0.1) is 13.2 Å². The van der Waals surface area contributed by atoms with E-state index >= 15 is 0 Å². The van der Waals surface area contributed by atoms with E-state index in [0.29, 0.717) is 25.4 Å². The van der Waals surface area contributed by atoms with Gasteiger partial charge in [0.1, 0.15) is 6.61 Å². The highest BCUT2D eigenvalue weighted by Crippen LogP contribution is 2.35. The number of aliphatic hydroxyl groups is 1. The first-order chi connectivity index (χ1) is 11.1. The largest absolute Gasteiger partial charge is 0.493 e. The molecule has 0 spiro atoms. The molecule has 0 fully saturated rings. The number of benzene rings is 2. The lowest BCUT2D eigenvalue weighted by Crippen LogP contribution is -2.24. The van der Waals surface area contributed by atoms with Crippen LogP contribution >= 0.6 is 15.9 Å². The van der Waals surface area contributed by atoms with Crippen LogP contribution in [0.15, 0.2) is 46.9 Å². The van der Waals surface area contributed by atoms with E-state index in [4.69, 9.17) is 9.47 Å². The van der Waals surface area contributed by atoms with Crippen molar-refractivity contribution in [3.8, 4) is 11.5 Å². The topological polar surface area (TPSA) is 50.7 Å². The molecule has 5 heteroatoms. The fraction of sp³-hybridized carbons (Fsp3) is 0.333. The second-order valence-electron chi connectivity index (χ2n) is 5.35. The molecule has 124 valence electrons. The highest BCUT2D eigenvalue weighted by Gasteiger charge is 2.13. The fourth-order valence-electron chi connectivity index (χ4n) is 2.21. The summed E-state index contributed by atoms with van der Waals surface area (Å²) in [6.07, 6.45) is -0.391. The van der Waals surface area contributed by atoms with E-state index in [0.717, 1.165) is 21.3 Å². The van der Waals surface area contributed by atoms with Crippen molar-refractivity contribution in [1.82, 2.24) is 5.32 Å². The summed E-state index contributed by atoms with van der Waals surface area (Å²) in [5.41, 5.74) is 2.08. The third kappa shape index (κ3) is 5.53. The predicted molar refractivity (Wildman–Crippen MR) is 94.9 cm³/mol. The molecule has 0 bridgehead atoms. The van der Waals surface area contributed by atoms with Gasteiger partial charge in [-0.25, -0.2) is 0 Å².